The third kappa shape index (κ3) is 4.09. The Labute approximate surface area is 177 Å². The minimum absolute atomic E-state index is 0.0125. The van der Waals surface area contributed by atoms with Gasteiger partial charge in [-0.15, -0.1) is 0 Å². The number of carbonyl (C=O) groups excluding carboxylic acids is 1. The zero-order valence-corrected chi connectivity index (χ0v) is 17.9. The van der Waals surface area contributed by atoms with E-state index < -0.39 is 0 Å². The number of amides is 1. The van der Waals surface area contributed by atoms with Crippen LogP contribution in [0.25, 0.3) is 10.9 Å². The van der Waals surface area contributed by atoms with Gasteiger partial charge in [0.05, 0.1) is 5.52 Å². The van der Waals surface area contributed by atoms with Crippen LogP contribution in [0.3, 0.4) is 0 Å². The number of halogens is 1. The van der Waals surface area contributed by atoms with Crippen molar-refractivity contribution in [1.29, 1.82) is 0 Å². The fraction of sp³-hybridized carbons (Fsp3) is 0.385. The number of carbonyl (C=O) groups is 1. The van der Waals surface area contributed by atoms with E-state index in [1.54, 1.807) is 12.1 Å². The molecule has 0 bridgehead atoms. The Bertz CT molecular complexity index is 1050. The molecule has 1 amide bonds. The quantitative estimate of drug-likeness (QED) is 0.565. The number of rotatable bonds is 4. The predicted octanol–water partition coefficient (Wildman–Crippen LogP) is 6.16. The van der Waals surface area contributed by atoms with Crippen LogP contribution in [0.15, 0.2) is 54.7 Å². The highest BCUT2D eigenvalue weighted by Gasteiger charge is 2.37. The van der Waals surface area contributed by atoms with Crippen molar-refractivity contribution < 1.29 is 9.18 Å². The Balaban J connectivity index is 1.45. The first-order chi connectivity index (χ1) is 14.4. The molecule has 4 rings (SSSR count). The Morgan fingerprint density at radius 2 is 1.83 bits per heavy atom. The van der Waals surface area contributed by atoms with Gasteiger partial charge in [0.2, 0.25) is 0 Å². The SMILES string of the molecule is Cc1ccc(C(=O)N[C@@H](C)C2(C)CCC(c3ccnc4ccc(F)cc34)CC2)cc1. The molecule has 3 nitrogen and oxygen atoms in total. The predicted molar refractivity (Wildman–Crippen MR) is 119 cm³/mol. The van der Waals surface area contributed by atoms with E-state index >= 15 is 0 Å². The normalized spacial score (nSPS) is 22.6. The summed E-state index contributed by atoms with van der Waals surface area (Å²) in [6.07, 6.45) is 5.92. The maximum absolute atomic E-state index is 13.8. The molecule has 30 heavy (non-hydrogen) atoms. The minimum atomic E-state index is -0.218. The van der Waals surface area contributed by atoms with Crippen LogP contribution in [-0.2, 0) is 0 Å². The molecule has 1 saturated carbocycles. The van der Waals surface area contributed by atoms with Crippen LogP contribution in [-0.4, -0.2) is 16.9 Å². The number of nitrogens with zero attached hydrogens (tertiary/aromatic N) is 1. The number of nitrogens with one attached hydrogen (secondary N) is 1. The number of hydrogen-bond donors (Lipinski definition) is 1. The molecule has 1 fully saturated rings. The van der Waals surface area contributed by atoms with Crippen LogP contribution in [0, 0.1) is 18.2 Å². The second-order valence-electron chi connectivity index (χ2n) is 9.05. The van der Waals surface area contributed by atoms with Gasteiger partial charge in [0.15, 0.2) is 0 Å². The largest absolute Gasteiger partial charge is 0.349 e. The first kappa shape index (κ1) is 20.5. The van der Waals surface area contributed by atoms with E-state index in [4.69, 9.17) is 0 Å². The van der Waals surface area contributed by atoms with Crippen LogP contribution in [0.5, 0.6) is 0 Å². The average molecular weight is 405 g/mol. The number of aromatic nitrogens is 1. The number of pyridine rings is 1. The summed E-state index contributed by atoms with van der Waals surface area (Å²) >= 11 is 0. The van der Waals surface area contributed by atoms with E-state index in [1.807, 2.05) is 43.5 Å². The summed E-state index contributed by atoms with van der Waals surface area (Å²) in [4.78, 5) is 17.0. The summed E-state index contributed by atoms with van der Waals surface area (Å²) < 4.78 is 13.8. The van der Waals surface area contributed by atoms with Crippen molar-refractivity contribution in [3.05, 3.63) is 77.2 Å². The Hall–Kier alpha value is -2.75. The van der Waals surface area contributed by atoms with Crippen molar-refractivity contribution in [1.82, 2.24) is 10.3 Å². The zero-order chi connectivity index (χ0) is 21.3. The van der Waals surface area contributed by atoms with E-state index in [0.717, 1.165) is 42.1 Å². The van der Waals surface area contributed by atoms with Gasteiger partial charge in [0.1, 0.15) is 5.82 Å². The molecule has 1 N–H and O–H groups in total. The molecule has 1 aliphatic carbocycles. The molecule has 1 heterocycles. The summed E-state index contributed by atoms with van der Waals surface area (Å²) in [6, 6.07) is 14.6. The Morgan fingerprint density at radius 3 is 2.53 bits per heavy atom. The molecular formula is C26H29FN2O. The van der Waals surface area contributed by atoms with Crippen molar-refractivity contribution in [2.24, 2.45) is 5.41 Å². The van der Waals surface area contributed by atoms with E-state index in [-0.39, 0.29) is 23.2 Å². The van der Waals surface area contributed by atoms with E-state index in [2.05, 4.69) is 24.1 Å². The first-order valence-corrected chi connectivity index (χ1v) is 10.8. The molecule has 4 heteroatoms. The van der Waals surface area contributed by atoms with Crippen LogP contribution >= 0.6 is 0 Å². The molecule has 1 aromatic heterocycles. The van der Waals surface area contributed by atoms with Crippen molar-refractivity contribution in [3.8, 4) is 0 Å². The average Bonchev–Trinajstić information content (AvgIpc) is 2.74. The van der Waals surface area contributed by atoms with Crippen molar-refractivity contribution >= 4 is 16.8 Å². The van der Waals surface area contributed by atoms with Gasteiger partial charge in [0.25, 0.3) is 5.91 Å². The highest BCUT2D eigenvalue weighted by molar-refractivity contribution is 5.94. The summed E-state index contributed by atoms with van der Waals surface area (Å²) in [5, 5.41) is 4.14. The molecule has 0 spiro atoms. The molecule has 156 valence electrons. The summed E-state index contributed by atoms with van der Waals surface area (Å²) in [5.41, 5.74) is 3.94. The van der Waals surface area contributed by atoms with Gasteiger partial charge in [-0.2, -0.15) is 0 Å². The second kappa shape index (κ2) is 8.17. The van der Waals surface area contributed by atoms with Gasteiger partial charge in [-0.25, -0.2) is 4.39 Å². The van der Waals surface area contributed by atoms with Crippen LogP contribution in [0.1, 0.15) is 66.9 Å². The molecule has 3 aromatic rings. The standard InChI is InChI=1S/C26H29FN2O/c1-17-4-6-20(7-5-17)25(30)29-18(2)26(3)13-10-19(11-14-26)22-12-15-28-24-9-8-21(27)16-23(22)24/h4-9,12,15-16,18-19H,10-11,13-14H2,1-3H3,(H,29,30)/t18-,19?,26?/m0/s1. The highest BCUT2D eigenvalue weighted by atomic mass is 19.1. The maximum atomic E-state index is 13.8. The van der Waals surface area contributed by atoms with Crippen LogP contribution < -0.4 is 5.32 Å². The molecule has 2 aromatic carbocycles. The molecule has 0 radical (unpaired) electrons. The summed E-state index contributed by atoms with van der Waals surface area (Å²) in [6.45, 7) is 6.40. The topological polar surface area (TPSA) is 42.0 Å². The number of benzene rings is 2. The van der Waals surface area contributed by atoms with Gasteiger partial charge in [-0.3, -0.25) is 9.78 Å². The molecule has 0 saturated heterocycles. The van der Waals surface area contributed by atoms with E-state index in [0.29, 0.717) is 11.5 Å². The number of hydrogen-bond acceptors (Lipinski definition) is 2. The fourth-order valence-electron chi connectivity index (χ4n) is 4.68. The lowest BCUT2D eigenvalue weighted by Crippen LogP contribution is -2.46. The zero-order valence-electron chi connectivity index (χ0n) is 17.9. The lowest BCUT2D eigenvalue weighted by atomic mass is 9.66. The van der Waals surface area contributed by atoms with Gasteiger partial charge < -0.3 is 5.32 Å². The lowest BCUT2D eigenvalue weighted by molar-refractivity contribution is 0.0847. The maximum Gasteiger partial charge on any atom is 0.251 e. The molecule has 1 aliphatic rings. The lowest BCUT2D eigenvalue weighted by Gasteiger charge is -2.42. The number of aryl methyl sites for hydroxylation is 1. The third-order valence-corrected chi connectivity index (χ3v) is 7.01. The van der Waals surface area contributed by atoms with Gasteiger partial charge >= 0.3 is 0 Å². The minimum Gasteiger partial charge on any atom is -0.349 e. The van der Waals surface area contributed by atoms with E-state index in [1.165, 1.54) is 11.6 Å². The molecule has 0 aliphatic heterocycles. The molecule has 0 unspecified atom stereocenters. The monoisotopic (exact) mass is 404 g/mol. The van der Waals surface area contributed by atoms with Crippen molar-refractivity contribution in [2.45, 2.75) is 58.4 Å². The molecular weight excluding hydrogens is 375 g/mol. The van der Waals surface area contributed by atoms with Crippen LogP contribution in [0.4, 0.5) is 4.39 Å². The highest BCUT2D eigenvalue weighted by Crippen LogP contribution is 2.46. The fourth-order valence-corrected chi connectivity index (χ4v) is 4.68. The Kier molecular flexibility index (Phi) is 5.59. The van der Waals surface area contributed by atoms with Gasteiger partial charge in [0, 0.05) is 23.2 Å². The van der Waals surface area contributed by atoms with Crippen molar-refractivity contribution in [3.63, 3.8) is 0 Å². The van der Waals surface area contributed by atoms with Crippen LogP contribution in [0.2, 0.25) is 0 Å². The first-order valence-electron chi connectivity index (χ1n) is 10.8. The van der Waals surface area contributed by atoms with Gasteiger partial charge in [-0.05, 0) is 92.8 Å². The second-order valence-corrected chi connectivity index (χ2v) is 9.05. The van der Waals surface area contributed by atoms with E-state index in [9.17, 15) is 9.18 Å². The van der Waals surface area contributed by atoms with Crippen molar-refractivity contribution in [2.75, 3.05) is 0 Å². The summed E-state index contributed by atoms with van der Waals surface area (Å²) in [7, 11) is 0. The van der Waals surface area contributed by atoms with Gasteiger partial charge in [-0.1, -0.05) is 24.6 Å². The smallest absolute Gasteiger partial charge is 0.251 e. The third-order valence-electron chi connectivity index (χ3n) is 7.01. The Morgan fingerprint density at radius 1 is 1.13 bits per heavy atom. The summed E-state index contributed by atoms with van der Waals surface area (Å²) in [5.74, 6) is 0.164. The number of fused-ring (bicyclic) bond motifs is 1. The molecule has 1 atom stereocenters.